The number of aromatic nitrogens is 2. The molecular formula is C9H11ClN4O3. The maximum Gasteiger partial charge on any atom is 0.329 e. The molecule has 0 aromatic carbocycles. The molecule has 92 valence electrons. The summed E-state index contributed by atoms with van der Waals surface area (Å²) in [5.74, 6) is 0.227. The van der Waals surface area contributed by atoms with Gasteiger partial charge in [0.2, 0.25) is 11.1 Å². The summed E-state index contributed by atoms with van der Waals surface area (Å²) in [6.07, 6.45) is 1.94. The van der Waals surface area contributed by atoms with E-state index in [1.807, 2.05) is 0 Å². The summed E-state index contributed by atoms with van der Waals surface area (Å²) in [6.45, 7) is 1.19. The van der Waals surface area contributed by atoms with Crippen LogP contribution in [0.25, 0.3) is 0 Å². The van der Waals surface area contributed by atoms with Gasteiger partial charge < -0.3 is 9.64 Å². The predicted molar refractivity (Wildman–Crippen MR) is 61.3 cm³/mol. The molecule has 8 heteroatoms. The summed E-state index contributed by atoms with van der Waals surface area (Å²) in [4.78, 5) is 19.6. The average Bonchev–Trinajstić information content (AvgIpc) is 2.80. The van der Waals surface area contributed by atoms with Crippen molar-refractivity contribution in [2.75, 3.05) is 25.2 Å². The Kier molecular flexibility index (Phi) is 3.39. The fourth-order valence-corrected chi connectivity index (χ4v) is 1.86. The molecule has 1 aliphatic rings. The van der Waals surface area contributed by atoms with E-state index in [0.717, 1.165) is 12.6 Å². The molecule has 1 saturated heterocycles. The molecule has 0 radical (unpaired) electrons. The van der Waals surface area contributed by atoms with Crippen LogP contribution in [0.2, 0.25) is 5.28 Å². The summed E-state index contributed by atoms with van der Waals surface area (Å²) in [6, 6.07) is 0.0830. The van der Waals surface area contributed by atoms with E-state index in [0.29, 0.717) is 13.2 Å². The third-order valence-corrected chi connectivity index (χ3v) is 2.89. The van der Waals surface area contributed by atoms with E-state index in [1.165, 1.54) is 0 Å². The van der Waals surface area contributed by atoms with Gasteiger partial charge in [-0.1, -0.05) is 0 Å². The molecule has 1 aromatic heterocycles. The first kappa shape index (κ1) is 12.0. The maximum atomic E-state index is 10.9. The average molecular weight is 259 g/mol. The summed E-state index contributed by atoms with van der Waals surface area (Å²) in [5.41, 5.74) is -0.149. The third kappa shape index (κ3) is 2.45. The quantitative estimate of drug-likeness (QED) is 0.461. The first-order chi connectivity index (χ1) is 8.09. The number of anilines is 1. The monoisotopic (exact) mass is 258 g/mol. The topological polar surface area (TPSA) is 81.4 Å². The molecule has 1 atom stereocenters. The zero-order valence-corrected chi connectivity index (χ0v) is 9.92. The second-order valence-corrected chi connectivity index (χ2v) is 4.07. The number of halogens is 1. The molecule has 2 rings (SSSR count). The molecule has 1 unspecified atom stereocenters. The lowest BCUT2D eigenvalue weighted by Crippen LogP contribution is -2.33. The van der Waals surface area contributed by atoms with E-state index in [9.17, 15) is 10.1 Å². The van der Waals surface area contributed by atoms with E-state index in [1.54, 1.807) is 11.9 Å². The molecule has 1 fully saturated rings. The van der Waals surface area contributed by atoms with Crippen molar-refractivity contribution in [3.8, 4) is 0 Å². The minimum Gasteiger partial charge on any atom is -0.379 e. The lowest BCUT2D eigenvalue weighted by Gasteiger charge is -2.23. The van der Waals surface area contributed by atoms with Gasteiger partial charge in [0.25, 0.3) is 0 Å². The molecule has 0 aliphatic carbocycles. The highest BCUT2D eigenvalue weighted by atomic mass is 35.5. The van der Waals surface area contributed by atoms with Crippen LogP contribution in [0.4, 0.5) is 11.5 Å². The number of ether oxygens (including phenoxy) is 1. The smallest absolute Gasteiger partial charge is 0.329 e. The SMILES string of the molecule is CN(c1nc(Cl)ncc1[N+](=O)[O-])C1CCOC1. The first-order valence-corrected chi connectivity index (χ1v) is 5.45. The second-order valence-electron chi connectivity index (χ2n) is 3.73. The molecule has 0 amide bonds. The second kappa shape index (κ2) is 4.80. The van der Waals surface area contributed by atoms with Crippen molar-refractivity contribution in [1.82, 2.24) is 9.97 Å². The number of hydrogen-bond acceptors (Lipinski definition) is 6. The minimum absolute atomic E-state index is 0.00337. The van der Waals surface area contributed by atoms with Crippen molar-refractivity contribution >= 4 is 23.1 Å². The largest absolute Gasteiger partial charge is 0.379 e. The Labute approximate surface area is 103 Å². The van der Waals surface area contributed by atoms with Gasteiger partial charge in [0.05, 0.1) is 17.6 Å². The Morgan fingerprint density at radius 2 is 2.47 bits per heavy atom. The molecule has 1 aliphatic heterocycles. The highest BCUT2D eigenvalue weighted by Crippen LogP contribution is 2.28. The van der Waals surface area contributed by atoms with Gasteiger partial charge in [-0.3, -0.25) is 10.1 Å². The molecule has 17 heavy (non-hydrogen) atoms. The van der Waals surface area contributed by atoms with Gasteiger partial charge in [-0.2, -0.15) is 4.98 Å². The molecule has 1 aromatic rings. The Hall–Kier alpha value is -1.47. The van der Waals surface area contributed by atoms with Gasteiger partial charge in [0.15, 0.2) is 0 Å². The van der Waals surface area contributed by atoms with E-state index >= 15 is 0 Å². The lowest BCUT2D eigenvalue weighted by atomic mass is 10.2. The Morgan fingerprint density at radius 1 is 1.71 bits per heavy atom. The molecular weight excluding hydrogens is 248 g/mol. The van der Waals surface area contributed by atoms with Crippen LogP contribution in [0.3, 0.4) is 0 Å². The third-order valence-electron chi connectivity index (χ3n) is 2.70. The van der Waals surface area contributed by atoms with Crippen LogP contribution in [0, 0.1) is 10.1 Å². The van der Waals surface area contributed by atoms with E-state index in [2.05, 4.69) is 9.97 Å². The molecule has 0 spiro atoms. The molecule has 0 bridgehead atoms. The normalized spacial score (nSPS) is 19.3. The van der Waals surface area contributed by atoms with Crippen LogP contribution >= 0.6 is 11.6 Å². The van der Waals surface area contributed by atoms with Crippen LogP contribution in [0.15, 0.2) is 6.20 Å². The number of hydrogen-bond donors (Lipinski definition) is 0. The fourth-order valence-electron chi connectivity index (χ4n) is 1.73. The van der Waals surface area contributed by atoms with Gasteiger partial charge in [0, 0.05) is 13.7 Å². The highest BCUT2D eigenvalue weighted by molar-refractivity contribution is 6.28. The van der Waals surface area contributed by atoms with Crippen molar-refractivity contribution in [2.24, 2.45) is 0 Å². The number of nitrogens with zero attached hydrogens (tertiary/aromatic N) is 4. The van der Waals surface area contributed by atoms with E-state index in [4.69, 9.17) is 16.3 Å². The number of likely N-dealkylation sites (N-methyl/N-ethyl adjacent to an activating group) is 1. The standard InChI is InChI=1S/C9H11ClN4O3/c1-13(6-2-3-17-5-6)8-7(14(15)16)4-11-9(10)12-8/h4,6H,2-3,5H2,1H3. The van der Waals surface area contributed by atoms with Crippen LogP contribution < -0.4 is 4.90 Å². The molecule has 2 heterocycles. The Morgan fingerprint density at radius 3 is 3.06 bits per heavy atom. The van der Waals surface area contributed by atoms with Gasteiger partial charge in [-0.15, -0.1) is 0 Å². The predicted octanol–water partition coefficient (Wildman–Crippen LogP) is 1.26. The van der Waals surface area contributed by atoms with Crippen LogP contribution in [0.1, 0.15) is 6.42 Å². The lowest BCUT2D eigenvalue weighted by molar-refractivity contribution is -0.384. The highest BCUT2D eigenvalue weighted by Gasteiger charge is 2.27. The van der Waals surface area contributed by atoms with Crippen molar-refractivity contribution < 1.29 is 9.66 Å². The van der Waals surface area contributed by atoms with Gasteiger partial charge in [-0.25, -0.2) is 4.98 Å². The van der Waals surface area contributed by atoms with Crippen molar-refractivity contribution in [3.63, 3.8) is 0 Å². The maximum absolute atomic E-state index is 10.9. The molecule has 0 saturated carbocycles. The minimum atomic E-state index is -0.516. The Balaban J connectivity index is 2.34. The van der Waals surface area contributed by atoms with E-state index < -0.39 is 4.92 Å². The van der Waals surface area contributed by atoms with Crippen LogP contribution in [0.5, 0.6) is 0 Å². The van der Waals surface area contributed by atoms with Gasteiger partial charge in [-0.05, 0) is 18.0 Å². The zero-order valence-electron chi connectivity index (χ0n) is 9.17. The van der Waals surface area contributed by atoms with Gasteiger partial charge in [0.1, 0.15) is 6.20 Å². The van der Waals surface area contributed by atoms with Crippen molar-refractivity contribution in [1.29, 1.82) is 0 Å². The Bertz CT molecular complexity index is 436. The fraction of sp³-hybridized carbons (Fsp3) is 0.556. The molecule has 0 N–H and O–H groups in total. The van der Waals surface area contributed by atoms with E-state index in [-0.39, 0.29) is 22.8 Å². The number of nitro groups is 1. The molecule has 7 nitrogen and oxygen atoms in total. The first-order valence-electron chi connectivity index (χ1n) is 5.07. The van der Waals surface area contributed by atoms with Crippen molar-refractivity contribution in [3.05, 3.63) is 21.6 Å². The number of rotatable bonds is 3. The van der Waals surface area contributed by atoms with Crippen molar-refractivity contribution in [2.45, 2.75) is 12.5 Å². The summed E-state index contributed by atoms with van der Waals surface area (Å²) in [7, 11) is 1.74. The van der Waals surface area contributed by atoms with Crippen LogP contribution in [-0.2, 0) is 4.74 Å². The summed E-state index contributed by atoms with van der Waals surface area (Å²) in [5, 5.41) is 10.9. The van der Waals surface area contributed by atoms with Crippen LogP contribution in [-0.4, -0.2) is 41.2 Å². The summed E-state index contributed by atoms with van der Waals surface area (Å²) >= 11 is 5.67. The van der Waals surface area contributed by atoms with Gasteiger partial charge >= 0.3 is 5.69 Å². The summed E-state index contributed by atoms with van der Waals surface area (Å²) < 4.78 is 5.24. The zero-order chi connectivity index (χ0) is 12.4.